The van der Waals surface area contributed by atoms with Gasteiger partial charge in [0.2, 0.25) is 0 Å². The van der Waals surface area contributed by atoms with Crippen molar-refractivity contribution in [3.63, 3.8) is 0 Å². The molecule has 3 heteroatoms. The Bertz CT molecular complexity index is 353. The Morgan fingerprint density at radius 1 is 1.25 bits per heavy atom. The molecule has 0 bridgehead atoms. The third-order valence-corrected chi connectivity index (χ3v) is 2.44. The Balaban J connectivity index is 2.68. The Kier molecular flexibility index (Phi) is 4.81. The Morgan fingerprint density at radius 3 is 2.31 bits per heavy atom. The third-order valence-electron chi connectivity index (χ3n) is 2.44. The predicted octanol–water partition coefficient (Wildman–Crippen LogP) is 2.81. The summed E-state index contributed by atoms with van der Waals surface area (Å²) in [7, 11) is 0. The molecule has 1 N–H and O–H groups in total. The lowest BCUT2D eigenvalue weighted by Crippen LogP contribution is -2.12. The van der Waals surface area contributed by atoms with Gasteiger partial charge in [0.05, 0.1) is 6.10 Å². The third kappa shape index (κ3) is 3.25. The first-order valence-electron chi connectivity index (χ1n) is 5.55. The number of aliphatic hydroxyl groups excluding tert-OH is 1. The Labute approximate surface area is 96.3 Å². The van der Waals surface area contributed by atoms with Crippen molar-refractivity contribution < 1.29 is 9.84 Å². The van der Waals surface area contributed by atoms with E-state index in [4.69, 9.17) is 10.00 Å². The molecule has 0 amide bonds. The smallest absolute Gasteiger partial charge is 0.184 e. The van der Waals surface area contributed by atoms with Gasteiger partial charge in [-0.2, -0.15) is 5.26 Å². The second-order valence-electron chi connectivity index (χ2n) is 3.64. The van der Waals surface area contributed by atoms with Gasteiger partial charge in [-0.25, -0.2) is 0 Å². The summed E-state index contributed by atoms with van der Waals surface area (Å²) in [6.07, 6.45) is 0.528. The molecular weight excluding hydrogens is 202 g/mol. The largest absolute Gasteiger partial charge is 0.476 e. The van der Waals surface area contributed by atoms with Crippen molar-refractivity contribution in [1.29, 1.82) is 5.26 Å². The summed E-state index contributed by atoms with van der Waals surface area (Å²) >= 11 is 0. The molecule has 0 heterocycles. The van der Waals surface area contributed by atoms with Crippen LogP contribution in [0.5, 0.6) is 5.75 Å². The number of hydrogen-bond acceptors (Lipinski definition) is 3. The van der Waals surface area contributed by atoms with E-state index in [0.717, 1.165) is 5.56 Å². The normalized spacial score (nSPS) is 13.9. The molecule has 1 rings (SSSR count). The van der Waals surface area contributed by atoms with Gasteiger partial charge in [0, 0.05) is 0 Å². The van der Waals surface area contributed by atoms with Crippen LogP contribution in [-0.2, 0) is 0 Å². The topological polar surface area (TPSA) is 53.2 Å². The molecule has 1 aromatic rings. The number of rotatable bonds is 5. The molecule has 0 aliphatic carbocycles. The van der Waals surface area contributed by atoms with Gasteiger partial charge in [0.25, 0.3) is 0 Å². The van der Waals surface area contributed by atoms with Gasteiger partial charge in [-0.15, -0.1) is 0 Å². The first-order valence-corrected chi connectivity index (χ1v) is 5.55. The zero-order valence-electron chi connectivity index (χ0n) is 9.68. The molecule has 2 atom stereocenters. The van der Waals surface area contributed by atoms with Crippen LogP contribution in [-0.4, -0.2) is 11.2 Å². The van der Waals surface area contributed by atoms with Crippen LogP contribution in [0.2, 0.25) is 0 Å². The lowest BCUT2D eigenvalue weighted by molar-refractivity contribution is 0.173. The van der Waals surface area contributed by atoms with Crippen LogP contribution < -0.4 is 4.74 Å². The van der Waals surface area contributed by atoms with Gasteiger partial charge in [0.15, 0.2) is 6.10 Å². The highest BCUT2D eigenvalue weighted by molar-refractivity contribution is 5.29. The van der Waals surface area contributed by atoms with Gasteiger partial charge in [-0.3, -0.25) is 0 Å². The van der Waals surface area contributed by atoms with E-state index in [1.807, 2.05) is 26.0 Å². The van der Waals surface area contributed by atoms with Gasteiger partial charge in [-0.05, 0) is 30.5 Å². The van der Waals surface area contributed by atoms with Crippen molar-refractivity contribution in [3.8, 4) is 11.8 Å². The van der Waals surface area contributed by atoms with E-state index in [1.54, 1.807) is 12.1 Å². The van der Waals surface area contributed by atoms with Gasteiger partial charge in [-0.1, -0.05) is 26.0 Å². The number of nitriles is 1. The molecule has 0 aliphatic rings. The first-order chi connectivity index (χ1) is 7.71. The molecule has 3 nitrogen and oxygen atoms in total. The quantitative estimate of drug-likeness (QED) is 0.828. The molecule has 2 unspecified atom stereocenters. The van der Waals surface area contributed by atoms with Crippen molar-refractivity contribution in [2.75, 3.05) is 0 Å². The van der Waals surface area contributed by atoms with Gasteiger partial charge in [0.1, 0.15) is 11.8 Å². The van der Waals surface area contributed by atoms with Crippen LogP contribution in [0.3, 0.4) is 0 Å². The molecule has 86 valence electrons. The van der Waals surface area contributed by atoms with Crippen LogP contribution in [0.25, 0.3) is 0 Å². The van der Waals surface area contributed by atoms with Crippen LogP contribution in [0, 0.1) is 11.3 Å². The van der Waals surface area contributed by atoms with E-state index in [0.29, 0.717) is 18.6 Å². The lowest BCUT2D eigenvalue weighted by atomic mass is 10.1. The van der Waals surface area contributed by atoms with Crippen molar-refractivity contribution in [2.24, 2.45) is 0 Å². The van der Waals surface area contributed by atoms with Crippen LogP contribution in [0.15, 0.2) is 24.3 Å². The minimum absolute atomic E-state index is 0.401. The number of ether oxygens (including phenoxy) is 1. The molecule has 0 aliphatic heterocycles. The molecule has 16 heavy (non-hydrogen) atoms. The van der Waals surface area contributed by atoms with E-state index in [-0.39, 0.29) is 0 Å². The number of benzene rings is 1. The second kappa shape index (κ2) is 6.14. The van der Waals surface area contributed by atoms with Gasteiger partial charge >= 0.3 is 0 Å². The summed E-state index contributed by atoms with van der Waals surface area (Å²) in [4.78, 5) is 0. The van der Waals surface area contributed by atoms with Crippen LogP contribution in [0.1, 0.15) is 38.4 Å². The van der Waals surface area contributed by atoms with Crippen molar-refractivity contribution in [2.45, 2.75) is 38.9 Å². The zero-order chi connectivity index (χ0) is 12.0. The fourth-order valence-corrected chi connectivity index (χ4v) is 1.37. The Hall–Kier alpha value is -1.53. The average molecular weight is 219 g/mol. The maximum Gasteiger partial charge on any atom is 0.184 e. The molecule has 1 aromatic carbocycles. The fraction of sp³-hybridized carbons (Fsp3) is 0.462. The van der Waals surface area contributed by atoms with Crippen molar-refractivity contribution >= 4 is 0 Å². The fourth-order valence-electron chi connectivity index (χ4n) is 1.37. The minimum atomic E-state index is -0.424. The highest BCUT2D eigenvalue weighted by Crippen LogP contribution is 2.20. The van der Waals surface area contributed by atoms with E-state index in [2.05, 4.69) is 6.07 Å². The summed E-state index contributed by atoms with van der Waals surface area (Å²) in [5.74, 6) is 0.667. The van der Waals surface area contributed by atoms with Crippen molar-refractivity contribution in [3.05, 3.63) is 29.8 Å². The summed E-state index contributed by atoms with van der Waals surface area (Å²) in [5.41, 5.74) is 0.875. The highest BCUT2D eigenvalue weighted by atomic mass is 16.5. The van der Waals surface area contributed by atoms with E-state index in [1.165, 1.54) is 0 Å². The molecule has 0 saturated heterocycles. The standard InChI is InChI=1S/C13H17NO2/c1-3-11(9-14)16-12-7-5-10(6-8-12)13(15)4-2/h5-8,11,13,15H,3-4H2,1-2H3. The first kappa shape index (κ1) is 12.5. The molecule has 0 aromatic heterocycles. The van der Waals surface area contributed by atoms with E-state index in [9.17, 15) is 5.11 Å². The maximum absolute atomic E-state index is 9.60. The van der Waals surface area contributed by atoms with Gasteiger partial charge < -0.3 is 9.84 Å². The predicted molar refractivity (Wildman–Crippen MR) is 62.0 cm³/mol. The molecule has 0 fully saturated rings. The van der Waals surface area contributed by atoms with Crippen LogP contribution >= 0.6 is 0 Å². The zero-order valence-corrected chi connectivity index (χ0v) is 9.68. The highest BCUT2D eigenvalue weighted by Gasteiger charge is 2.07. The Morgan fingerprint density at radius 2 is 1.88 bits per heavy atom. The number of aliphatic hydroxyl groups is 1. The van der Waals surface area contributed by atoms with E-state index >= 15 is 0 Å². The van der Waals surface area contributed by atoms with Crippen molar-refractivity contribution in [1.82, 2.24) is 0 Å². The summed E-state index contributed by atoms with van der Waals surface area (Å²) in [6, 6.07) is 9.30. The minimum Gasteiger partial charge on any atom is -0.476 e. The monoisotopic (exact) mass is 219 g/mol. The molecule has 0 saturated carbocycles. The summed E-state index contributed by atoms with van der Waals surface area (Å²) in [5, 5.41) is 18.4. The van der Waals surface area contributed by atoms with Crippen LogP contribution in [0.4, 0.5) is 0 Å². The number of hydrogen-bond donors (Lipinski definition) is 1. The molecular formula is C13H17NO2. The maximum atomic E-state index is 9.60. The number of nitrogens with zero attached hydrogens (tertiary/aromatic N) is 1. The summed E-state index contributed by atoms with van der Waals surface area (Å²) in [6.45, 7) is 3.83. The molecule has 0 spiro atoms. The second-order valence-corrected chi connectivity index (χ2v) is 3.64. The summed E-state index contributed by atoms with van der Waals surface area (Å²) < 4.78 is 5.44. The average Bonchev–Trinajstić information content (AvgIpc) is 2.35. The molecule has 0 radical (unpaired) electrons. The SMILES string of the molecule is CCC(C#N)Oc1ccc(C(O)CC)cc1. The van der Waals surface area contributed by atoms with E-state index < -0.39 is 12.2 Å². The lowest BCUT2D eigenvalue weighted by Gasteiger charge is -2.12.